The lowest BCUT2D eigenvalue weighted by atomic mass is 9.97. The molecule has 2 aromatic rings. The number of hydrogen-bond donors (Lipinski definition) is 1. The minimum Gasteiger partial charge on any atom is -0.483 e. The summed E-state index contributed by atoms with van der Waals surface area (Å²) in [5, 5.41) is 11.3. The number of carbonyl (C=O) groups is 3. The van der Waals surface area contributed by atoms with Gasteiger partial charge in [0.1, 0.15) is 0 Å². The lowest BCUT2D eigenvalue weighted by Crippen LogP contribution is -2.29. The molecule has 1 saturated heterocycles. The molecule has 1 aliphatic rings. The largest absolute Gasteiger partial charge is 0.483 e. The fourth-order valence-corrected chi connectivity index (χ4v) is 4.16. The number of carboxylic acid groups (broad SMARTS) is 1. The van der Waals surface area contributed by atoms with E-state index in [2.05, 4.69) is 24.2 Å². The zero-order valence-electron chi connectivity index (χ0n) is 19.3. The summed E-state index contributed by atoms with van der Waals surface area (Å²) in [6.45, 7) is 5.49. The molecule has 174 valence electrons. The van der Waals surface area contributed by atoms with E-state index in [0.29, 0.717) is 18.8 Å². The average Bonchev–Trinajstić information content (AvgIpc) is 3.32. The number of methoxy groups -OCH3 is 1. The Bertz CT molecular complexity index is 920. The number of aryl methyl sites for hydroxylation is 2. The number of benzene rings is 1. The summed E-state index contributed by atoms with van der Waals surface area (Å²) in [6, 6.07) is 8.14. The maximum Gasteiger partial charge on any atom is 0.309 e. The highest BCUT2D eigenvalue weighted by atomic mass is 16.5. The fraction of sp³-hybridized carbons (Fsp3) is 0.500. The van der Waals surface area contributed by atoms with E-state index in [4.69, 9.17) is 14.6 Å². The molecule has 1 aliphatic heterocycles. The Morgan fingerprint density at radius 1 is 1.22 bits per heavy atom. The lowest BCUT2D eigenvalue weighted by molar-refractivity contribution is -0.139. The predicted octanol–water partition coefficient (Wildman–Crippen LogP) is 2.48. The van der Waals surface area contributed by atoms with E-state index >= 15 is 0 Å². The molecule has 1 aromatic carbocycles. The van der Waals surface area contributed by atoms with E-state index in [1.54, 1.807) is 0 Å². The van der Waals surface area contributed by atoms with E-state index < -0.39 is 0 Å². The van der Waals surface area contributed by atoms with Gasteiger partial charge in [0.25, 0.3) is 6.47 Å². The molecule has 1 fully saturated rings. The van der Waals surface area contributed by atoms with E-state index in [1.807, 2.05) is 35.7 Å². The number of hydrogen-bond acceptors (Lipinski definition) is 5. The topological polar surface area (TPSA) is 102 Å². The highest BCUT2D eigenvalue weighted by molar-refractivity contribution is 5.76. The molecule has 3 rings (SSSR count). The molecule has 8 heteroatoms. The minimum absolute atomic E-state index is 0.223. The number of carbonyl (C=O) groups excluding carboxylic acids is 2. The molecule has 8 nitrogen and oxygen atoms in total. The number of ether oxygens (including phenoxy) is 1. The second-order valence-electron chi connectivity index (χ2n) is 8.15. The van der Waals surface area contributed by atoms with Crippen molar-refractivity contribution in [3.05, 3.63) is 52.3 Å². The van der Waals surface area contributed by atoms with Crippen LogP contribution in [0.3, 0.4) is 0 Å². The molecule has 1 unspecified atom stereocenters. The van der Waals surface area contributed by atoms with Crippen molar-refractivity contribution in [1.29, 1.82) is 0 Å². The highest BCUT2D eigenvalue weighted by Crippen LogP contribution is 2.23. The first-order chi connectivity index (χ1) is 15.3. The molecule has 1 aromatic heterocycles. The van der Waals surface area contributed by atoms with Gasteiger partial charge in [-0.05, 0) is 55.7 Å². The first-order valence-electron chi connectivity index (χ1n) is 10.8. The Hall–Kier alpha value is -3.16. The van der Waals surface area contributed by atoms with Gasteiger partial charge in [-0.25, -0.2) is 0 Å². The number of aromatic nitrogens is 2. The maximum absolute atomic E-state index is 12.7. The summed E-state index contributed by atoms with van der Waals surface area (Å²) in [6.07, 6.45) is 3.61. The molecule has 2 heterocycles. The zero-order valence-corrected chi connectivity index (χ0v) is 19.3. The van der Waals surface area contributed by atoms with Crippen LogP contribution in [0.2, 0.25) is 0 Å². The number of rotatable bonds is 7. The normalized spacial score (nSPS) is 15.1. The maximum atomic E-state index is 12.7. The second kappa shape index (κ2) is 12.0. The third-order valence-corrected chi connectivity index (χ3v) is 6.01. The van der Waals surface area contributed by atoms with Crippen LogP contribution in [0.5, 0.6) is 0 Å². The molecule has 0 spiro atoms. The summed E-state index contributed by atoms with van der Waals surface area (Å²) < 4.78 is 6.59. The standard InChI is InChI=1S/C23H31N3O3.CH2O2/c1-16-21(17(2)25(3)24-16)9-10-22(27)26-12-11-20(15-26)13-18-5-7-19(8-6-18)14-23(28)29-4;2-1-3/h5-8,20H,9-15H2,1-4H3;1H,(H,2,3). The van der Waals surface area contributed by atoms with Crippen molar-refractivity contribution < 1.29 is 24.2 Å². The van der Waals surface area contributed by atoms with Crippen molar-refractivity contribution in [1.82, 2.24) is 14.7 Å². The van der Waals surface area contributed by atoms with Gasteiger partial charge in [0.15, 0.2) is 0 Å². The average molecular weight is 444 g/mol. The molecule has 0 saturated carbocycles. The van der Waals surface area contributed by atoms with E-state index in [-0.39, 0.29) is 18.3 Å². The first-order valence-corrected chi connectivity index (χ1v) is 10.8. The smallest absolute Gasteiger partial charge is 0.309 e. The Labute approximate surface area is 189 Å². The Kier molecular flexibility index (Phi) is 9.43. The number of esters is 1. The zero-order chi connectivity index (χ0) is 23.7. The van der Waals surface area contributed by atoms with Crippen molar-refractivity contribution in [3.8, 4) is 0 Å². The summed E-state index contributed by atoms with van der Waals surface area (Å²) in [4.78, 5) is 34.4. The summed E-state index contributed by atoms with van der Waals surface area (Å²) in [5.41, 5.74) is 5.57. The minimum atomic E-state index is -0.250. The fourth-order valence-electron chi connectivity index (χ4n) is 4.16. The van der Waals surface area contributed by atoms with Gasteiger partial charge in [0.05, 0.1) is 19.2 Å². The van der Waals surface area contributed by atoms with Crippen LogP contribution >= 0.6 is 0 Å². The van der Waals surface area contributed by atoms with Crippen molar-refractivity contribution >= 4 is 18.3 Å². The molecule has 1 amide bonds. The Morgan fingerprint density at radius 3 is 2.41 bits per heavy atom. The van der Waals surface area contributed by atoms with Gasteiger partial charge >= 0.3 is 5.97 Å². The molecule has 1 N–H and O–H groups in total. The summed E-state index contributed by atoms with van der Waals surface area (Å²) in [5.74, 6) is 0.509. The summed E-state index contributed by atoms with van der Waals surface area (Å²) in [7, 11) is 3.35. The van der Waals surface area contributed by atoms with Gasteiger partial charge in [0.2, 0.25) is 5.91 Å². The van der Waals surface area contributed by atoms with Crippen molar-refractivity contribution in [2.45, 2.75) is 46.0 Å². The van der Waals surface area contributed by atoms with Crippen LogP contribution in [0.1, 0.15) is 40.9 Å². The quantitative estimate of drug-likeness (QED) is 0.521. The molecule has 0 aliphatic carbocycles. The summed E-state index contributed by atoms with van der Waals surface area (Å²) >= 11 is 0. The van der Waals surface area contributed by atoms with Crippen molar-refractivity contribution in [2.24, 2.45) is 13.0 Å². The third-order valence-electron chi connectivity index (χ3n) is 6.01. The Balaban J connectivity index is 0.00000114. The molecular weight excluding hydrogens is 410 g/mol. The van der Waals surface area contributed by atoms with Gasteiger partial charge in [0, 0.05) is 32.3 Å². The van der Waals surface area contributed by atoms with Gasteiger partial charge in [-0.2, -0.15) is 5.10 Å². The van der Waals surface area contributed by atoms with Crippen molar-refractivity contribution in [3.63, 3.8) is 0 Å². The second-order valence-corrected chi connectivity index (χ2v) is 8.15. The van der Waals surface area contributed by atoms with Crippen molar-refractivity contribution in [2.75, 3.05) is 20.2 Å². The third kappa shape index (κ3) is 6.93. The number of likely N-dealkylation sites (tertiary alicyclic amines) is 1. The Morgan fingerprint density at radius 2 is 1.84 bits per heavy atom. The van der Waals surface area contributed by atoms with Gasteiger partial charge in [-0.3, -0.25) is 19.1 Å². The van der Waals surface area contributed by atoms with Crippen LogP contribution in [-0.2, 0) is 45.4 Å². The monoisotopic (exact) mass is 443 g/mol. The molecule has 0 radical (unpaired) electrons. The van der Waals surface area contributed by atoms with Crippen LogP contribution in [0.4, 0.5) is 0 Å². The number of nitrogens with zero attached hydrogens (tertiary/aromatic N) is 3. The van der Waals surface area contributed by atoms with Crippen LogP contribution in [0, 0.1) is 19.8 Å². The van der Waals surface area contributed by atoms with Crippen LogP contribution in [0.15, 0.2) is 24.3 Å². The molecule has 32 heavy (non-hydrogen) atoms. The van der Waals surface area contributed by atoms with Gasteiger partial charge < -0.3 is 14.7 Å². The highest BCUT2D eigenvalue weighted by Gasteiger charge is 2.26. The van der Waals surface area contributed by atoms with Crippen LogP contribution < -0.4 is 0 Å². The van der Waals surface area contributed by atoms with E-state index in [0.717, 1.165) is 49.3 Å². The van der Waals surface area contributed by atoms with Crippen LogP contribution in [0.25, 0.3) is 0 Å². The lowest BCUT2D eigenvalue weighted by Gasteiger charge is -2.17. The van der Waals surface area contributed by atoms with E-state index in [1.165, 1.54) is 18.2 Å². The molecular formula is C24H33N3O5. The SMILES string of the molecule is COC(=O)Cc1ccc(CC2CCN(C(=O)CCc3c(C)nn(C)c3C)C2)cc1.O=CO. The van der Waals surface area contributed by atoms with Gasteiger partial charge in [-0.15, -0.1) is 0 Å². The predicted molar refractivity (Wildman–Crippen MR) is 120 cm³/mol. The molecule has 0 bridgehead atoms. The van der Waals surface area contributed by atoms with Crippen LogP contribution in [-0.4, -0.2) is 58.3 Å². The van der Waals surface area contributed by atoms with E-state index in [9.17, 15) is 9.59 Å². The molecule has 1 atom stereocenters. The van der Waals surface area contributed by atoms with Gasteiger partial charge in [-0.1, -0.05) is 24.3 Å². The first kappa shape index (κ1) is 25.1. The number of amides is 1.